The van der Waals surface area contributed by atoms with Crippen LogP contribution in [0.15, 0.2) is 88.6 Å². The first-order chi connectivity index (χ1) is 29.4. The van der Waals surface area contributed by atoms with Gasteiger partial charge in [-0.25, -0.2) is 27.9 Å². The number of likely N-dealkylation sites (tertiary alicyclic amines) is 1. The lowest BCUT2D eigenvalue weighted by Crippen LogP contribution is -2.53. The quantitative estimate of drug-likeness (QED) is 0.211. The Balaban J connectivity index is 0.761. The molecule has 1 unspecified atom stereocenters. The number of amides is 2. The van der Waals surface area contributed by atoms with E-state index in [1.807, 2.05) is 22.9 Å². The molecule has 0 spiro atoms. The minimum atomic E-state index is -2.99. The van der Waals surface area contributed by atoms with Gasteiger partial charge in [0.05, 0.1) is 47.5 Å². The van der Waals surface area contributed by atoms with Crippen molar-refractivity contribution in [1.29, 1.82) is 0 Å². The smallest absolute Gasteiger partial charge is 0.293 e. The maximum absolute atomic E-state index is 15.0. The number of piperidine rings is 1. The van der Waals surface area contributed by atoms with Crippen LogP contribution in [0.2, 0.25) is 0 Å². The molecule has 6 aromatic rings. The maximum atomic E-state index is 15.0. The second kappa shape index (κ2) is 16.4. The molecule has 3 aromatic heterocycles. The number of benzene rings is 3. The van der Waals surface area contributed by atoms with E-state index in [1.165, 1.54) is 24.3 Å². The van der Waals surface area contributed by atoms with Crippen LogP contribution in [0.5, 0.6) is 0 Å². The van der Waals surface area contributed by atoms with Gasteiger partial charge in [-0.05, 0) is 60.7 Å². The molecule has 2 amide bonds. The highest BCUT2D eigenvalue weighted by molar-refractivity contribution is 5.95. The summed E-state index contributed by atoms with van der Waals surface area (Å²) in [6.07, 6.45) is 3.85. The molecule has 1 N–H and O–H groups in total. The molecule has 9 rings (SSSR count). The van der Waals surface area contributed by atoms with Crippen molar-refractivity contribution in [2.45, 2.75) is 63.8 Å². The van der Waals surface area contributed by atoms with Crippen molar-refractivity contribution >= 4 is 33.6 Å². The first-order valence-corrected chi connectivity index (χ1v) is 20.7. The highest BCUT2D eigenvalue weighted by Gasteiger charge is 2.31. The molecule has 13 nitrogen and oxygen atoms in total. The van der Waals surface area contributed by atoms with Crippen molar-refractivity contribution in [3.63, 3.8) is 0 Å². The molecule has 0 bridgehead atoms. The van der Waals surface area contributed by atoms with E-state index < -0.39 is 17.6 Å². The Kier molecular flexibility index (Phi) is 10.8. The fraction of sp³-hybridized carbons (Fsp3) is 0.378. The molecular weight excluding hydrogens is 790 g/mol. The predicted octanol–water partition coefficient (Wildman–Crippen LogP) is 5.18. The van der Waals surface area contributed by atoms with E-state index in [0.29, 0.717) is 96.3 Å². The molecule has 2 fully saturated rings. The van der Waals surface area contributed by atoms with Gasteiger partial charge in [-0.3, -0.25) is 28.8 Å². The van der Waals surface area contributed by atoms with Gasteiger partial charge in [-0.15, -0.1) is 0 Å². The Hall–Kier alpha value is -6.13. The summed E-state index contributed by atoms with van der Waals surface area (Å²) < 4.78 is 53.3. The molecular formula is C45H45F3N8O5. The average molecular weight is 835 g/mol. The standard InChI is InChI=1S/C45H45F3N8O5/c1-45(47,48)31-6-4-5-29(23-31)30-24-39-41(49-25-30)44(60)55-16-13-33(26-56(39)55)61-32-11-14-52(15-12-32)27-40(57)53-17-19-54(20-18-53)43(59)36-21-28(9-10-37(36)46)22-38-34-7-2-3-8-35(34)42(58)51-50-38/h2-10,21,23-25,32-33H,11-20,22,26-27H2,1H3,(H,51,58). The van der Waals surface area contributed by atoms with Crippen molar-refractivity contribution < 1.29 is 27.5 Å². The molecule has 0 radical (unpaired) electrons. The third-order valence-corrected chi connectivity index (χ3v) is 12.2. The number of fused-ring (bicyclic) bond motifs is 4. The van der Waals surface area contributed by atoms with Gasteiger partial charge in [0.15, 0.2) is 5.52 Å². The SMILES string of the molecule is CC(F)(F)c1cccc(-c2cnc3c(=O)n4n(c3c2)CC(OC2CCN(CC(=O)N3CCN(C(=O)c5cc(Cc6n[nH]c(=O)c7ccccc67)ccc5F)CC3)CC2)CC4)c1. The molecule has 3 aliphatic heterocycles. The lowest BCUT2D eigenvalue weighted by Gasteiger charge is -2.38. The Morgan fingerprint density at radius 1 is 0.820 bits per heavy atom. The van der Waals surface area contributed by atoms with E-state index in [9.17, 15) is 28.0 Å². The van der Waals surface area contributed by atoms with Crippen molar-refractivity contribution in [2.24, 2.45) is 0 Å². The molecule has 6 heterocycles. The van der Waals surface area contributed by atoms with Gasteiger partial charge in [-0.2, -0.15) is 5.10 Å². The van der Waals surface area contributed by atoms with Crippen LogP contribution < -0.4 is 11.1 Å². The normalized spacial score (nSPS) is 17.9. The number of hydrogen-bond donors (Lipinski definition) is 1. The van der Waals surface area contributed by atoms with Crippen molar-refractivity contribution in [3.05, 3.63) is 128 Å². The van der Waals surface area contributed by atoms with E-state index in [-0.39, 0.29) is 60.0 Å². The number of aromatic nitrogens is 5. The number of carbonyl (C=O) groups excluding carboxylic acids is 2. The second-order valence-electron chi connectivity index (χ2n) is 16.3. The topological polar surface area (TPSA) is 139 Å². The molecule has 2 saturated heterocycles. The van der Waals surface area contributed by atoms with Crippen LogP contribution in [0.1, 0.15) is 53.4 Å². The highest BCUT2D eigenvalue weighted by atomic mass is 19.3. The van der Waals surface area contributed by atoms with Crippen LogP contribution in [0.4, 0.5) is 13.2 Å². The Morgan fingerprint density at radius 2 is 1.56 bits per heavy atom. The third-order valence-electron chi connectivity index (χ3n) is 12.2. The van der Waals surface area contributed by atoms with Gasteiger partial charge in [0.25, 0.3) is 22.9 Å². The minimum Gasteiger partial charge on any atom is -0.373 e. The molecule has 316 valence electrons. The number of ether oxygens (including phenoxy) is 1. The van der Waals surface area contributed by atoms with E-state index in [1.54, 1.807) is 51.0 Å². The molecule has 1 atom stereocenters. The second-order valence-corrected chi connectivity index (χ2v) is 16.3. The average Bonchev–Trinajstić information content (AvgIpc) is 3.55. The van der Waals surface area contributed by atoms with E-state index in [2.05, 4.69) is 20.1 Å². The van der Waals surface area contributed by atoms with Crippen molar-refractivity contribution in [3.8, 4) is 11.1 Å². The largest absolute Gasteiger partial charge is 0.373 e. The van der Waals surface area contributed by atoms with Crippen LogP contribution in [0, 0.1) is 5.82 Å². The zero-order valence-electron chi connectivity index (χ0n) is 33.7. The highest BCUT2D eigenvalue weighted by Crippen LogP contribution is 2.32. The fourth-order valence-corrected chi connectivity index (χ4v) is 8.83. The van der Waals surface area contributed by atoms with Crippen LogP contribution in [0.25, 0.3) is 32.9 Å². The van der Waals surface area contributed by atoms with Gasteiger partial charge in [0.2, 0.25) is 5.91 Å². The summed E-state index contributed by atoms with van der Waals surface area (Å²) in [5, 5.41) is 7.93. The molecule has 16 heteroatoms. The van der Waals surface area contributed by atoms with Crippen LogP contribution >= 0.6 is 0 Å². The van der Waals surface area contributed by atoms with Gasteiger partial charge in [0.1, 0.15) is 5.82 Å². The number of piperazine rings is 1. The first kappa shape index (κ1) is 40.3. The zero-order chi connectivity index (χ0) is 42.4. The fourth-order valence-electron chi connectivity index (χ4n) is 8.83. The van der Waals surface area contributed by atoms with E-state index in [0.717, 1.165) is 19.8 Å². The number of halogens is 3. The van der Waals surface area contributed by atoms with Gasteiger partial charge < -0.3 is 14.5 Å². The number of pyridine rings is 1. The summed E-state index contributed by atoms with van der Waals surface area (Å²) in [7, 11) is 0. The number of aromatic amines is 1. The van der Waals surface area contributed by atoms with Crippen LogP contribution in [-0.4, -0.2) is 109 Å². The van der Waals surface area contributed by atoms with Crippen molar-refractivity contribution in [1.82, 2.24) is 39.2 Å². The number of H-pyrrole nitrogens is 1. The summed E-state index contributed by atoms with van der Waals surface area (Å²) in [5.74, 6) is -4.07. The Bertz CT molecular complexity index is 2760. The summed E-state index contributed by atoms with van der Waals surface area (Å²) in [4.78, 5) is 62.3. The maximum Gasteiger partial charge on any atom is 0.293 e. The lowest BCUT2D eigenvalue weighted by molar-refractivity contribution is -0.135. The van der Waals surface area contributed by atoms with E-state index in [4.69, 9.17) is 4.74 Å². The Labute approximate surface area is 348 Å². The van der Waals surface area contributed by atoms with E-state index >= 15 is 4.39 Å². The zero-order valence-corrected chi connectivity index (χ0v) is 33.7. The predicted molar refractivity (Wildman–Crippen MR) is 222 cm³/mol. The minimum absolute atomic E-state index is 0.00984. The number of hydrogen-bond acceptors (Lipinski definition) is 8. The summed E-state index contributed by atoms with van der Waals surface area (Å²) >= 11 is 0. The summed E-state index contributed by atoms with van der Waals surface area (Å²) in [6.45, 7) is 4.66. The first-order valence-electron chi connectivity index (χ1n) is 20.7. The molecule has 3 aliphatic rings. The summed E-state index contributed by atoms with van der Waals surface area (Å²) in [5.41, 5.74) is 2.87. The number of nitrogens with one attached hydrogen (secondary N) is 1. The van der Waals surface area contributed by atoms with Gasteiger partial charge in [0, 0.05) is 81.9 Å². The molecule has 61 heavy (non-hydrogen) atoms. The number of alkyl halides is 2. The number of nitrogens with zero attached hydrogens (tertiary/aromatic N) is 7. The number of carbonyl (C=O) groups is 2. The Morgan fingerprint density at radius 3 is 2.33 bits per heavy atom. The molecule has 0 saturated carbocycles. The van der Waals surface area contributed by atoms with Crippen molar-refractivity contribution in [2.75, 3.05) is 45.8 Å². The third kappa shape index (κ3) is 8.21. The van der Waals surface area contributed by atoms with Gasteiger partial charge >= 0.3 is 0 Å². The monoisotopic (exact) mass is 834 g/mol. The van der Waals surface area contributed by atoms with Crippen LogP contribution in [-0.2, 0) is 35.0 Å². The summed E-state index contributed by atoms with van der Waals surface area (Å²) in [6, 6.07) is 19.6. The lowest BCUT2D eigenvalue weighted by atomic mass is 10.0. The van der Waals surface area contributed by atoms with Crippen LogP contribution in [0.3, 0.4) is 0 Å². The van der Waals surface area contributed by atoms with Gasteiger partial charge in [-0.1, -0.05) is 42.5 Å². The number of rotatable bonds is 9. The molecule has 0 aliphatic carbocycles. The molecule has 3 aromatic carbocycles.